The lowest BCUT2D eigenvalue weighted by Crippen LogP contribution is -2.33. The van der Waals surface area contributed by atoms with Gasteiger partial charge in [0.1, 0.15) is 0 Å². The molecule has 0 amide bonds. The van der Waals surface area contributed by atoms with Gasteiger partial charge in [0.2, 0.25) is 0 Å². The molecule has 3 heteroatoms. The molecule has 2 nitrogen and oxygen atoms in total. The maximum Gasteiger partial charge on any atom is 0.0808 e. The first-order valence-electron chi connectivity index (χ1n) is 9.88. The fraction of sp³-hybridized carbons (Fsp3) is 0.200. The van der Waals surface area contributed by atoms with Crippen LogP contribution in [-0.4, -0.2) is 24.0 Å². The average molecular weight is 480 g/mol. The largest absolute Gasteiger partial charge is 0.367 e. The van der Waals surface area contributed by atoms with Gasteiger partial charge < -0.3 is 9.80 Å². The van der Waals surface area contributed by atoms with E-state index in [2.05, 4.69) is 131 Å². The molecule has 2 aliphatic heterocycles. The molecule has 0 N–H and O–H groups in total. The molecule has 1 aromatic rings. The maximum atomic E-state index is 2.44. The van der Waals surface area contributed by atoms with Crippen LogP contribution >= 0.6 is 22.6 Å². The molecule has 4 rings (SSSR count). The molecule has 1 aliphatic carbocycles. The summed E-state index contributed by atoms with van der Waals surface area (Å²) < 4.78 is 1.26. The molecule has 0 radical (unpaired) electrons. The molecule has 0 bridgehead atoms. The van der Waals surface area contributed by atoms with Crippen LogP contribution in [0.2, 0.25) is 0 Å². The summed E-state index contributed by atoms with van der Waals surface area (Å²) in [5.74, 6) is 0. The van der Waals surface area contributed by atoms with Crippen LogP contribution in [-0.2, 0) is 0 Å². The van der Waals surface area contributed by atoms with E-state index in [1.165, 1.54) is 31.7 Å². The highest BCUT2D eigenvalue weighted by Gasteiger charge is 2.22. The van der Waals surface area contributed by atoms with E-state index in [9.17, 15) is 0 Å². The lowest BCUT2D eigenvalue weighted by molar-refractivity contribution is 0.364. The maximum absolute atomic E-state index is 2.44. The third kappa shape index (κ3) is 3.55. The molecule has 28 heavy (non-hydrogen) atoms. The van der Waals surface area contributed by atoms with Crippen LogP contribution in [0.4, 0.5) is 5.69 Å². The molecule has 0 fully saturated rings. The zero-order chi connectivity index (χ0) is 19.5. The van der Waals surface area contributed by atoms with Crippen LogP contribution in [0.15, 0.2) is 100.0 Å². The summed E-state index contributed by atoms with van der Waals surface area (Å²) in [6, 6.07) is 9.00. The zero-order valence-electron chi connectivity index (χ0n) is 16.3. The first-order chi connectivity index (χ1) is 13.7. The molecule has 0 saturated heterocycles. The van der Waals surface area contributed by atoms with Gasteiger partial charge in [-0.15, -0.1) is 0 Å². The second-order valence-electron chi connectivity index (χ2n) is 6.96. The minimum atomic E-state index is 0.349. The molecule has 1 atom stereocenters. The number of fused-ring (bicyclic) bond motifs is 2. The Labute approximate surface area is 181 Å². The van der Waals surface area contributed by atoms with Crippen molar-refractivity contribution in [3.05, 3.63) is 106 Å². The SMILES string of the molecule is CCN1C(I)=C/C(=C\C=C\C2=C3C=CC=CC3N(CC)C=C2)c2ccccc21. The Morgan fingerprint density at radius 1 is 1.07 bits per heavy atom. The number of nitrogens with zero attached hydrogens (tertiary/aromatic N) is 2. The van der Waals surface area contributed by atoms with Crippen LogP contribution in [0, 0.1) is 0 Å². The Kier molecular flexibility index (Phi) is 5.72. The van der Waals surface area contributed by atoms with Crippen molar-refractivity contribution in [2.45, 2.75) is 19.9 Å². The van der Waals surface area contributed by atoms with Crippen molar-refractivity contribution in [3.8, 4) is 0 Å². The van der Waals surface area contributed by atoms with Gasteiger partial charge in [0.15, 0.2) is 0 Å². The van der Waals surface area contributed by atoms with E-state index in [4.69, 9.17) is 0 Å². The van der Waals surface area contributed by atoms with E-state index in [1.807, 2.05) is 0 Å². The van der Waals surface area contributed by atoms with Crippen molar-refractivity contribution in [2.75, 3.05) is 18.0 Å². The van der Waals surface area contributed by atoms with E-state index in [0.29, 0.717) is 6.04 Å². The van der Waals surface area contributed by atoms with Crippen LogP contribution in [0.25, 0.3) is 5.57 Å². The van der Waals surface area contributed by atoms with E-state index < -0.39 is 0 Å². The first-order valence-corrected chi connectivity index (χ1v) is 11.0. The molecular weight excluding hydrogens is 455 g/mol. The Hall–Kier alpha value is -2.27. The molecular formula is C25H25IN2. The highest BCUT2D eigenvalue weighted by atomic mass is 127. The standard InChI is InChI=1S/C25H25IN2/c1-3-27-17-16-19(21-12-5-7-14-23(21)27)10-9-11-20-18-25(26)28(4-2)24-15-8-6-13-22(20)24/h5-18,23H,3-4H2,1-2H3/b10-9+,20-11+. The molecule has 3 aliphatic rings. The van der Waals surface area contributed by atoms with Gasteiger partial charge in [-0.2, -0.15) is 0 Å². The van der Waals surface area contributed by atoms with Gasteiger partial charge in [-0.3, -0.25) is 0 Å². The van der Waals surface area contributed by atoms with Crippen LogP contribution in [0.1, 0.15) is 19.4 Å². The van der Waals surface area contributed by atoms with Crippen molar-refractivity contribution < 1.29 is 0 Å². The number of hydrogen-bond donors (Lipinski definition) is 0. The third-order valence-corrected chi connectivity index (χ3v) is 6.30. The normalized spacial score (nSPS) is 22.2. The summed E-state index contributed by atoms with van der Waals surface area (Å²) in [5, 5.41) is 0. The topological polar surface area (TPSA) is 6.48 Å². The number of benzene rings is 1. The number of para-hydroxylation sites is 1. The molecule has 1 unspecified atom stereocenters. The second-order valence-corrected chi connectivity index (χ2v) is 8.06. The van der Waals surface area contributed by atoms with Crippen molar-refractivity contribution in [3.63, 3.8) is 0 Å². The van der Waals surface area contributed by atoms with E-state index in [-0.39, 0.29) is 0 Å². The molecule has 1 aromatic carbocycles. The highest BCUT2D eigenvalue weighted by Crippen LogP contribution is 2.38. The molecule has 0 saturated carbocycles. The van der Waals surface area contributed by atoms with Crippen molar-refractivity contribution in [1.29, 1.82) is 0 Å². The Bertz CT molecular complexity index is 972. The van der Waals surface area contributed by atoms with Crippen molar-refractivity contribution in [1.82, 2.24) is 4.90 Å². The highest BCUT2D eigenvalue weighted by molar-refractivity contribution is 14.1. The smallest absolute Gasteiger partial charge is 0.0808 e. The van der Waals surface area contributed by atoms with Crippen molar-refractivity contribution in [2.24, 2.45) is 0 Å². The monoisotopic (exact) mass is 480 g/mol. The molecule has 0 spiro atoms. The third-order valence-electron chi connectivity index (χ3n) is 5.41. The Balaban J connectivity index is 1.66. The first kappa shape index (κ1) is 19.1. The number of halogens is 1. The predicted molar refractivity (Wildman–Crippen MR) is 129 cm³/mol. The quantitative estimate of drug-likeness (QED) is 0.365. The Morgan fingerprint density at radius 2 is 1.93 bits per heavy atom. The summed E-state index contributed by atoms with van der Waals surface area (Å²) in [4.78, 5) is 4.72. The van der Waals surface area contributed by atoms with Crippen molar-refractivity contribution >= 4 is 33.9 Å². The fourth-order valence-corrected chi connectivity index (χ4v) is 4.91. The number of rotatable bonds is 4. The van der Waals surface area contributed by atoms with Gasteiger partial charge >= 0.3 is 0 Å². The molecule has 2 heterocycles. The second kappa shape index (κ2) is 8.39. The summed E-state index contributed by atoms with van der Waals surface area (Å²) in [6.45, 7) is 6.39. The Morgan fingerprint density at radius 3 is 2.75 bits per heavy atom. The van der Waals surface area contributed by atoms with Gasteiger partial charge in [-0.1, -0.05) is 60.7 Å². The summed E-state index contributed by atoms with van der Waals surface area (Å²) in [5.41, 5.74) is 6.49. The zero-order valence-corrected chi connectivity index (χ0v) is 18.5. The summed E-state index contributed by atoms with van der Waals surface area (Å²) >= 11 is 2.44. The van der Waals surface area contributed by atoms with Crippen LogP contribution < -0.4 is 4.90 Å². The van der Waals surface area contributed by atoms with Gasteiger partial charge in [0, 0.05) is 30.5 Å². The van der Waals surface area contributed by atoms with E-state index in [0.717, 1.165) is 13.1 Å². The molecule has 142 valence electrons. The van der Waals surface area contributed by atoms with E-state index in [1.54, 1.807) is 0 Å². The van der Waals surface area contributed by atoms with Crippen LogP contribution in [0.3, 0.4) is 0 Å². The minimum Gasteiger partial charge on any atom is -0.367 e. The number of likely N-dealkylation sites (N-methyl/N-ethyl adjacent to an activating group) is 1. The van der Waals surface area contributed by atoms with Gasteiger partial charge in [-0.25, -0.2) is 0 Å². The fourth-order valence-electron chi connectivity index (χ4n) is 3.97. The van der Waals surface area contributed by atoms with Gasteiger partial charge in [0.05, 0.1) is 9.75 Å². The lowest BCUT2D eigenvalue weighted by atomic mass is 9.92. The summed E-state index contributed by atoms with van der Waals surface area (Å²) in [7, 11) is 0. The van der Waals surface area contributed by atoms with Crippen LogP contribution in [0.5, 0.6) is 0 Å². The van der Waals surface area contributed by atoms with Gasteiger partial charge in [-0.05, 0) is 71.4 Å². The average Bonchev–Trinajstić information content (AvgIpc) is 2.74. The summed E-state index contributed by atoms with van der Waals surface area (Å²) in [6.07, 6.45) is 22.1. The minimum absolute atomic E-state index is 0.349. The van der Waals surface area contributed by atoms with Gasteiger partial charge in [0.25, 0.3) is 0 Å². The predicted octanol–water partition coefficient (Wildman–Crippen LogP) is 6.38. The number of anilines is 1. The molecule has 0 aromatic heterocycles. The number of allylic oxidation sites excluding steroid dienone is 9. The number of hydrogen-bond acceptors (Lipinski definition) is 2. The lowest BCUT2D eigenvalue weighted by Gasteiger charge is -2.33. The van der Waals surface area contributed by atoms with E-state index >= 15 is 0 Å².